The number of rotatable bonds is 6. The monoisotopic (exact) mass is 384 g/mol. The molecule has 0 aromatic carbocycles. The van der Waals surface area contributed by atoms with Gasteiger partial charge in [-0.1, -0.05) is 48.5 Å². The number of nitrogens with zero attached hydrogens (tertiary/aromatic N) is 2. The maximum Gasteiger partial charge on any atom is 0.112 e. The van der Waals surface area contributed by atoms with E-state index in [1.165, 1.54) is 10.4 Å². The molecule has 3 aromatic heterocycles. The number of nitrogens with one attached hydrogen (secondary N) is 2. The molecular formula is C22H32N4S. The van der Waals surface area contributed by atoms with E-state index in [0.29, 0.717) is 0 Å². The first kappa shape index (κ1) is 19.9. The number of thiophene rings is 1. The van der Waals surface area contributed by atoms with Crippen molar-refractivity contribution >= 4 is 11.3 Å². The molecule has 0 radical (unpaired) electrons. The van der Waals surface area contributed by atoms with E-state index in [2.05, 4.69) is 81.1 Å². The molecular weight excluding hydrogens is 352 g/mol. The van der Waals surface area contributed by atoms with Gasteiger partial charge in [0.05, 0.1) is 17.7 Å². The van der Waals surface area contributed by atoms with Crippen LogP contribution < -0.4 is 0 Å². The van der Waals surface area contributed by atoms with Crippen LogP contribution in [0.15, 0.2) is 30.2 Å². The Morgan fingerprint density at radius 2 is 1.70 bits per heavy atom. The molecule has 4 nitrogen and oxygen atoms in total. The van der Waals surface area contributed by atoms with Gasteiger partial charge in [0.1, 0.15) is 5.82 Å². The highest BCUT2D eigenvalue weighted by molar-refractivity contribution is 7.10. The van der Waals surface area contributed by atoms with Crippen LogP contribution in [0.5, 0.6) is 0 Å². The lowest BCUT2D eigenvalue weighted by molar-refractivity contribution is 0.484. The number of aromatic amines is 2. The highest BCUT2D eigenvalue weighted by Gasteiger charge is 2.29. The van der Waals surface area contributed by atoms with Gasteiger partial charge in [-0.25, -0.2) is 9.97 Å². The molecule has 3 rings (SSSR count). The molecule has 0 fully saturated rings. The van der Waals surface area contributed by atoms with Crippen LogP contribution in [0.3, 0.4) is 0 Å². The minimum Gasteiger partial charge on any atom is -0.351 e. The summed E-state index contributed by atoms with van der Waals surface area (Å²) in [6, 6.07) is 2.36. The Morgan fingerprint density at radius 3 is 2.30 bits per heavy atom. The van der Waals surface area contributed by atoms with Crippen LogP contribution in [0.4, 0.5) is 0 Å². The number of imidazole rings is 2. The van der Waals surface area contributed by atoms with E-state index in [1.807, 2.05) is 17.5 Å². The summed E-state index contributed by atoms with van der Waals surface area (Å²) in [4.78, 5) is 17.3. The molecule has 146 valence electrons. The Kier molecular flexibility index (Phi) is 5.10. The molecule has 3 aromatic rings. The van der Waals surface area contributed by atoms with Crippen LogP contribution in [0, 0.1) is 0 Å². The molecule has 0 saturated carbocycles. The third-order valence-electron chi connectivity index (χ3n) is 5.22. The highest BCUT2D eigenvalue weighted by Crippen LogP contribution is 2.33. The van der Waals surface area contributed by atoms with Crippen LogP contribution in [0.25, 0.3) is 0 Å². The summed E-state index contributed by atoms with van der Waals surface area (Å²) in [5.74, 6) is 1.06. The second kappa shape index (κ2) is 6.93. The van der Waals surface area contributed by atoms with E-state index in [4.69, 9.17) is 4.98 Å². The highest BCUT2D eigenvalue weighted by atomic mass is 32.1. The standard InChI is InChI=1S/C22H32N4S/c1-20(2,3)15-8-17(27-13-15)10-22(6,7)19-24-11-16(26-19)9-21(4,5)18-12-23-14-25-18/h8,11-14H,9-10H2,1-7H3,(H,23,25)(H,24,26). The molecule has 0 aliphatic carbocycles. The summed E-state index contributed by atoms with van der Waals surface area (Å²) < 4.78 is 0. The van der Waals surface area contributed by atoms with Gasteiger partial charge in [0, 0.05) is 34.5 Å². The Bertz CT molecular complexity index is 876. The smallest absolute Gasteiger partial charge is 0.112 e. The minimum atomic E-state index is -0.0496. The second-order valence-corrected chi connectivity index (χ2v) is 10.9. The Labute approximate surface area is 166 Å². The minimum absolute atomic E-state index is 0.0330. The fourth-order valence-corrected chi connectivity index (χ4v) is 4.70. The molecule has 27 heavy (non-hydrogen) atoms. The quantitative estimate of drug-likeness (QED) is 0.587. The maximum absolute atomic E-state index is 4.94. The van der Waals surface area contributed by atoms with E-state index in [9.17, 15) is 0 Å². The Hall–Kier alpha value is -1.88. The summed E-state index contributed by atoms with van der Waals surface area (Å²) >= 11 is 1.86. The summed E-state index contributed by atoms with van der Waals surface area (Å²) in [6.45, 7) is 15.8. The molecule has 0 saturated heterocycles. The van der Waals surface area contributed by atoms with Gasteiger partial charge in [0.25, 0.3) is 0 Å². The SMILES string of the molecule is CC(C)(C)c1csc(CC(C)(C)c2nc(CC(C)(C)c3c[nH]cn3)c[nH]2)c1. The molecule has 0 aliphatic rings. The predicted molar refractivity (Wildman–Crippen MR) is 114 cm³/mol. The fourth-order valence-electron chi connectivity index (χ4n) is 3.36. The van der Waals surface area contributed by atoms with E-state index in [1.54, 1.807) is 6.33 Å². The topological polar surface area (TPSA) is 57.4 Å². The zero-order valence-electron chi connectivity index (χ0n) is 17.6. The van der Waals surface area contributed by atoms with Crippen molar-refractivity contribution in [1.29, 1.82) is 0 Å². The van der Waals surface area contributed by atoms with E-state index < -0.39 is 0 Å². The third-order valence-corrected chi connectivity index (χ3v) is 6.16. The van der Waals surface area contributed by atoms with Crippen LogP contribution in [0.2, 0.25) is 0 Å². The van der Waals surface area contributed by atoms with Gasteiger partial charge < -0.3 is 9.97 Å². The van der Waals surface area contributed by atoms with Crippen molar-refractivity contribution in [2.45, 2.75) is 77.6 Å². The van der Waals surface area contributed by atoms with Crippen LogP contribution in [-0.4, -0.2) is 19.9 Å². The summed E-state index contributed by atoms with van der Waals surface area (Å²) in [5.41, 5.74) is 3.70. The van der Waals surface area contributed by atoms with E-state index >= 15 is 0 Å². The first-order valence-corrected chi connectivity index (χ1v) is 10.5. The molecule has 0 amide bonds. The molecule has 2 N–H and O–H groups in total. The Balaban J connectivity index is 1.73. The largest absolute Gasteiger partial charge is 0.351 e. The zero-order valence-corrected chi connectivity index (χ0v) is 18.4. The fraction of sp³-hybridized carbons (Fsp3) is 0.545. The third kappa shape index (κ3) is 4.52. The van der Waals surface area contributed by atoms with Gasteiger partial charge in [0.15, 0.2) is 0 Å². The molecule has 0 unspecified atom stereocenters. The second-order valence-electron chi connectivity index (χ2n) is 9.87. The van der Waals surface area contributed by atoms with Gasteiger partial charge in [-0.2, -0.15) is 0 Å². The van der Waals surface area contributed by atoms with Gasteiger partial charge >= 0.3 is 0 Å². The predicted octanol–water partition coefficient (Wildman–Crippen LogP) is 5.53. The number of H-pyrrole nitrogens is 2. The number of hydrogen-bond donors (Lipinski definition) is 2. The molecule has 0 spiro atoms. The Morgan fingerprint density at radius 1 is 0.963 bits per heavy atom. The van der Waals surface area contributed by atoms with Crippen molar-refractivity contribution in [3.8, 4) is 0 Å². The summed E-state index contributed by atoms with van der Waals surface area (Å²) in [6.07, 6.45) is 7.62. The average Bonchev–Trinajstić information content (AvgIpc) is 3.27. The summed E-state index contributed by atoms with van der Waals surface area (Å²) in [7, 11) is 0. The van der Waals surface area contributed by atoms with Crippen molar-refractivity contribution in [1.82, 2.24) is 19.9 Å². The van der Waals surface area contributed by atoms with E-state index in [0.717, 1.165) is 30.1 Å². The van der Waals surface area contributed by atoms with Gasteiger partial charge in [0.2, 0.25) is 0 Å². The lowest BCUT2D eigenvalue weighted by Gasteiger charge is -2.22. The van der Waals surface area contributed by atoms with Crippen LogP contribution in [-0.2, 0) is 29.1 Å². The van der Waals surface area contributed by atoms with Gasteiger partial charge in [-0.15, -0.1) is 11.3 Å². The normalized spacial score (nSPS) is 13.3. The number of hydrogen-bond acceptors (Lipinski definition) is 3. The first-order valence-electron chi connectivity index (χ1n) is 9.59. The summed E-state index contributed by atoms with van der Waals surface area (Å²) in [5, 5.41) is 2.30. The van der Waals surface area contributed by atoms with Gasteiger partial charge in [-0.05, 0) is 28.8 Å². The van der Waals surface area contributed by atoms with Crippen LogP contribution in [0.1, 0.15) is 76.1 Å². The van der Waals surface area contributed by atoms with Crippen molar-refractivity contribution in [2.75, 3.05) is 0 Å². The lowest BCUT2D eigenvalue weighted by atomic mass is 9.84. The lowest BCUT2D eigenvalue weighted by Crippen LogP contribution is -2.23. The van der Waals surface area contributed by atoms with Crippen LogP contribution >= 0.6 is 11.3 Å². The first-order chi connectivity index (χ1) is 12.5. The maximum atomic E-state index is 4.94. The van der Waals surface area contributed by atoms with Crippen molar-refractivity contribution in [2.24, 2.45) is 0 Å². The molecule has 0 atom stereocenters. The molecule has 3 heterocycles. The van der Waals surface area contributed by atoms with Gasteiger partial charge in [-0.3, -0.25) is 0 Å². The van der Waals surface area contributed by atoms with E-state index in [-0.39, 0.29) is 16.2 Å². The zero-order chi connectivity index (χ0) is 19.9. The molecule has 0 bridgehead atoms. The number of aromatic nitrogens is 4. The molecule has 0 aliphatic heterocycles. The van der Waals surface area contributed by atoms with Crippen molar-refractivity contribution in [3.05, 3.63) is 57.8 Å². The van der Waals surface area contributed by atoms with Crippen molar-refractivity contribution < 1.29 is 0 Å². The van der Waals surface area contributed by atoms with Crippen molar-refractivity contribution in [3.63, 3.8) is 0 Å². The molecule has 5 heteroatoms. The average molecular weight is 385 g/mol.